The second kappa shape index (κ2) is 4.98. The molecule has 1 N–H and O–H groups in total. The fourth-order valence-corrected chi connectivity index (χ4v) is 1.42. The van der Waals surface area contributed by atoms with E-state index in [4.69, 9.17) is 5.11 Å². The number of carboxylic acid groups (broad SMARTS) is 1. The van der Waals surface area contributed by atoms with Gasteiger partial charge in [0.05, 0.1) is 6.42 Å². The van der Waals surface area contributed by atoms with Gasteiger partial charge in [-0.15, -0.1) is 0 Å². The van der Waals surface area contributed by atoms with Gasteiger partial charge < -0.3 is 10.0 Å². The van der Waals surface area contributed by atoms with Crippen LogP contribution in [0.5, 0.6) is 0 Å². The van der Waals surface area contributed by atoms with Gasteiger partial charge >= 0.3 is 5.97 Å². The van der Waals surface area contributed by atoms with Crippen LogP contribution in [-0.2, 0) is 9.59 Å². The average Bonchev–Trinajstić information content (AvgIpc) is 2.93. The lowest BCUT2D eigenvalue weighted by molar-refractivity contribution is -0.138. The number of rotatable bonds is 6. The highest BCUT2D eigenvalue weighted by molar-refractivity contribution is 5.81. The molecule has 1 saturated carbocycles. The highest BCUT2D eigenvalue weighted by Crippen LogP contribution is 2.31. The molecule has 4 heteroatoms. The molecule has 0 aromatic carbocycles. The van der Waals surface area contributed by atoms with E-state index >= 15 is 0 Å². The molecule has 0 bridgehead atoms. The predicted octanol–water partition coefficient (Wildman–Crippen LogP) is 1.11. The van der Waals surface area contributed by atoms with Gasteiger partial charge in [-0.25, -0.2) is 0 Å². The molecule has 4 nitrogen and oxygen atoms in total. The number of hydrogen-bond donors (Lipinski definition) is 1. The van der Waals surface area contributed by atoms with Crippen LogP contribution >= 0.6 is 0 Å². The summed E-state index contributed by atoms with van der Waals surface area (Å²) in [5, 5.41) is 8.53. The van der Waals surface area contributed by atoms with Crippen molar-refractivity contribution in [2.75, 3.05) is 13.1 Å². The monoisotopic (exact) mass is 199 g/mol. The number of carboxylic acids is 1. The van der Waals surface area contributed by atoms with Gasteiger partial charge in [-0.1, -0.05) is 6.92 Å². The number of amides is 1. The Bertz CT molecular complexity index is 223. The Balaban J connectivity index is 2.36. The Labute approximate surface area is 83.9 Å². The first-order chi connectivity index (χ1) is 6.65. The van der Waals surface area contributed by atoms with Gasteiger partial charge in [-0.05, 0) is 19.3 Å². The van der Waals surface area contributed by atoms with Crippen molar-refractivity contribution in [2.45, 2.75) is 32.6 Å². The summed E-state index contributed by atoms with van der Waals surface area (Å²) in [6.45, 7) is 3.04. The van der Waals surface area contributed by atoms with Crippen molar-refractivity contribution in [3.05, 3.63) is 0 Å². The van der Waals surface area contributed by atoms with E-state index in [-0.39, 0.29) is 18.2 Å². The molecule has 0 aliphatic heterocycles. The summed E-state index contributed by atoms with van der Waals surface area (Å²) in [6, 6.07) is 0. The molecule has 14 heavy (non-hydrogen) atoms. The third-order valence-corrected chi connectivity index (χ3v) is 2.33. The van der Waals surface area contributed by atoms with E-state index in [0.29, 0.717) is 13.1 Å². The summed E-state index contributed by atoms with van der Waals surface area (Å²) in [5.41, 5.74) is 0. The second-order valence-corrected chi connectivity index (χ2v) is 3.74. The SMILES string of the molecule is CCCN(CCC(=O)O)C(=O)C1CC1. The highest BCUT2D eigenvalue weighted by atomic mass is 16.4. The van der Waals surface area contributed by atoms with E-state index in [9.17, 15) is 9.59 Å². The molecule has 1 fully saturated rings. The van der Waals surface area contributed by atoms with Gasteiger partial charge in [0.15, 0.2) is 0 Å². The Kier molecular flexibility index (Phi) is 3.92. The quantitative estimate of drug-likeness (QED) is 0.697. The van der Waals surface area contributed by atoms with Crippen LogP contribution in [0.1, 0.15) is 32.6 Å². The lowest BCUT2D eigenvalue weighted by atomic mass is 10.3. The van der Waals surface area contributed by atoms with Crippen LogP contribution in [0.2, 0.25) is 0 Å². The van der Waals surface area contributed by atoms with Gasteiger partial charge in [0, 0.05) is 19.0 Å². The lowest BCUT2D eigenvalue weighted by Crippen LogP contribution is -2.34. The number of aliphatic carboxylic acids is 1. The van der Waals surface area contributed by atoms with E-state index in [1.54, 1.807) is 4.90 Å². The molecule has 0 atom stereocenters. The first-order valence-electron chi connectivity index (χ1n) is 5.15. The summed E-state index contributed by atoms with van der Waals surface area (Å²) in [5.74, 6) is -0.502. The normalized spacial score (nSPS) is 15.2. The zero-order valence-corrected chi connectivity index (χ0v) is 8.53. The second-order valence-electron chi connectivity index (χ2n) is 3.74. The van der Waals surface area contributed by atoms with Crippen molar-refractivity contribution < 1.29 is 14.7 Å². The Morgan fingerprint density at radius 1 is 1.36 bits per heavy atom. The van der Waals surface area contributed by atoms with Crippen molar-refractivity contribution in [3.63, 3.8) is 0 Å². The average molecular weight is 199 g/mol. The number of nitrogens with zero attached hydrogens (tertiary/aromatic N) is 1. The van der Waals surface area contributed by atoms with Gasteiger partial charge in [0.25, 0.3) is 0 Å². The van der Waals surface area contributed by atoms with Crippen LogP contribution in [0.15, 0.2) is 0 Å². The Hall–Kier alpha value is -1.06. The molecular formula is C10H17NO3. The maximum Gasteiger partial charge on any atom is 0.305 e. The van der Waals surface area contributed by atoms with E-state index in [1.807, 2.05) is 6.92 Å². The van der Waals surface area contributed by atoms with Crippen molar-refractivity contribution in [2.24, 2.45) is 5.92 Å². The van der Waals surface area contributed by atoms with Crippen molar-refractivity contribution in [1.82, 2.24) is 4.90 Å². The van der Waals surface area contributed by atoms with Crippen LogP contribution in [0, 0.1) is 5.92 Å². The topological polar surface area (TPSA) is 57.6 Å². The fraction of sp³-hybridized carbons (Fsp3) is 0.800. The Morgan fingerprint density at radius 2 is 2.00 bits per heavy atom. The molecule has 0 unspecified atom stereocenters. The predicted molar refractivity (Wildman–Crippen MR) is 51.8 cm³/mol. The first-order valence-corrected chi connectivity index (χ1v) is 5.15. The van der Waals surface area contributed by atoms with E-state index in [0.717, 1.165) is 19.3 Å². The molecule has 80 valence electrons. The molecule has 1 aliphatic rings. The zero-order chi connectivity index (χ0) is 10.6. The molecule has 0 spiro atoms. The smallest absolute Gasteiger partial charge is 0.305 e. The summed E-state index contributed by atoms with van der Waals surface area (Å²) < 4.78 is 0. The summed E-state index contributed by atoms with van der Waals surface area (Å²) in [4.78, 5) is 23.7. The summed E-state index contributed by atoms with van der Waals surface area (Å²) in [6.07, 6.45) is 2.90. The molecule has 1 rings (SSSR count). The van der Waals surface area contributed by atoms with E-state index in [1.165, 1.54) is 0 Å². The lowest BCUT2D eigenvalue weighted by Gasteiger charge is -2.21. The molecule has 0 radical (unpaired) electrons. The van der Waals surface area contributed by atoms with Gasteiger partial charge in [0.2, 0.25) is 5.91 Å². The van der Waals surface area contributed by atoms with E-state index in [2.05, 4.69) is 0 Å². The molecular weight excluding hydrogens is 182 g/mol. The van der Waals surface area contributed by atoms with E-state index < -0.39 is 5.97 Å². The van der Waals surface area contributed by atoms with Gasteiger partial charge in [-0.2, -0.15) is 0 Å². The molecule has 1 aliphatic carbocycles. The fourth-order valence-electron chi connectivity index (χ4n) is 1.42. The van der Waals surface area contributed by atoms with Crippen molar-refractivity contribution in [1.29, 1.82) is 0 Å². The molecule has 1 amide bonds. The van der Waals surface area contributed by atoms with Gasteiger partial charge in [0.1, 0.15) is 0 Å². The molecule has 0 aromatic heterocycles. The highest BCUT2D eigenvalue weighted by Gasteiger charge is 2.32. The van der Waals surface area contributed by atoms with Crippen molar-refractivity contribution >= 4 is 11.9 Å². The first kappa shape index (κ1) is 11.0. The van der Waals surface area contributed by atoms with Crippen LogP contribution in [-0.4, -0.2) is 35.0 Å². The summed E-state index contributed by atoms with van der Waals surface area (Å²) >= 11 is 0. The molecule has 0 saturated heterocycles. The van der Waals surface area contributed by atoms with Crippen LogP contribution in [0.4, 0.5) is 0 Å². The maximum atomic E-state index is 11.6. The number of carbonyl (C=O) groups is 2. The largest absolute Gasteiger partial charge is 0.481 e. The van der Waals surface area contributed by atoms with Crippen LogP contribution in [0.3, 0.4) is 0 Å². The van der Waals surface area contributed by atoms with Crippen LogP contribution < -0.4 is 0 Å². The third-order valence-electron chi connectivity index (χ3n) is 2.33. The number of hydrogen-bond acceptors (Lipinski definition) is 2. The molecule has 0 aromatic rings. The third kappa shape index (κ3) is 3.36. The minimum absolute atomic E-state index is 0.0540. The van der Waals surface area contributed by atoms with Crippen molar-refractivity contribution in [3.8, 4) is 0 Å². The minimum Gasteiger partial charge on any atom is -0.481 e. The van der Waals surface area contributed by atoms with Crippen LogP contribution in [0.25, 0.3) is 0 Å². The standard InChI is InChI=1S/C10H17NO3/c1-2-6-11(7-5-9(12)13)10(14)8-3-4-8/h8H,2-7H2,1H3,(H,12,13). The minimum atomic E-state index is -0.838. The zero-order valence-electron chi connectivity index (χ0n) is 8.53. The van der Waals surface area contributed by atoms with Gasteiger partial charge in [-0.3, -0.25) is 9.59 Å². The molecule has 0 heterocycles. The number of carbonyl (C=O) groups excluding carboxylic acids is 1. The summed E-state index contributed by atoms with van der Waals surface area (Å²) in [7, 11) is 0. The Morgan fingerprint density at radius 3 is 2.43 bits per heavy atom. The maximum absolute atomic E-state index is 11.6.